The lowest BCUT2D eigenvalue weighted by Gasteiger charge is -2.09. The van der Waals surface area contributed by atoms with E-state index in [1.54, 1.807) is 11.3 Å². The first kappa shape index (κ1) is 24.3. The van der Waals surface area contributed by atoms with Crippen LogP contribution in [0.15, 0.2) is 29.4 Å². The molecular weight excluding hydrogens is 466 g/mol. The predicted molar refractivity (Wildman–Crippen MR) is 137 cm³/mol. The number of fused-ring (bicyclic) bond motifs is 1. The molecule has 0 radical (unpaired) electrons. The van der Waals surface area contributed by atoms with Crippen molar-refractivity contribution in [1.29, 1.82) is 5.26 Å². The molecule has 178 valence electrons. The van der Waals surface area contributed by atoms with E-state index in [2.05, 4.69) is 21.6 Å². The van der Waals surface area contributed by atoms with Crippen LogP contribution in [0.4, 0.5) is 5.00 Å². The molecule has 0 spiro atoms. The molecule has 2 heterocycles. The van der Waals surface area contributed by atoms with E-state index in [0.717, 1.165) is 48.4 Å². The van der Waals surface area contributed by atoms with Gasteiger partial charge in [-0.25, -0.2) is 0 Å². The van der Waals surface area contributed by atoms with Crippen LogP contribution in [0.2, 0.25) is 0 Å². The van der Waals surface area contributed by atoms with Crippen LogP contribution >= 0.6 is 23.1 Å². The first-order chi connectivity index (χ1) is 16.6. The van der Waals surface area contributed by atoms with Crippen molar-refractivity contribution in [2.24, 2.45) is 0 Å². The molecular formula is C25H29N5O2S2. The molecule has 0 saturated heterocycles. The molecule has 7 nitrogen and oxygen atoms in total. The number of hydrogen-bond acceptors (Lipinski definition) is 7. The molecule has 1 N–H and O–H groups in total. The van der Waals surface area contributed by atoms with Crippen LogP contribution in [-0.4, -0.2) is 33.0 Å². The Balaban J connectivity index is 1.44. The van der Waals surface area contributed by atoms with Crippen LogP contribution in [-0.2, 0) is 24.2 Å². The number of carbonyl (C=O) groups excluding carboxylic acids is 1. The zero-order valence-electron chi connectivity index (χ0n) is 19.6. The monoisotopic (exact) mass is 495 g/mol. The smallest absolute Gasteiger partial charge is 0.235 e. The lowest BCUT2D eigenvalue weighted by Crippen LogP contribution is -2.14. The highest BCUT2D eigenvalue weighted by Crippen LogP contribution is 2.36. The van der Waals surface area contributed by atoms with E-state index in [0.29, 0.717) is 28.9 Å². The first-order valence-electron chi connectivity index (χ1n) is 11.8. The molecule has 34 heavy (non-hydrogen) atoms. The molecule has 0 fully saturated rings. The third-order valence-corrected chi connectivity index (χ3v) is 8.00. The average Bonchev–Trinajstić information content (AvgIpc) is 3.38. The van der Waals surface area contributed by atoms with Gasteiger partial charge in [-0.3, -0.25) is 4.79 Å². The summed E-state index contributed by atoms with van der Waals surface area (Å²) in [6.07, 6.45) is 6.60. The molecule has 0 saturated carbocycles. The molecule has 1 aliphatic carbocycles. The Morgan fingerprint density at radius 1 is 1.18 bits per heavy atom. The SMILES string of the molecule is CCOc1ccc(-c2nnc(SCC(=O)Nc3sc4c(c3C#N)CCCCCC4)n2CC)cc1. The van der Waals surface area contributed by atoms with Crippen molar-refractivity contribution in [2.45, 2.75) is 64.1 Å². The van der Waals surface area contributed by atoms with Gasteiger partial charge >= 0.3 is 0 Å². The van der Waals surface area contributed by atoms with E-state index in [1.165, 1.54) is 29.5 Å². The summed E-state index contributed by atoms with van der Waals surface area (Å²) in [5, 5.41) is 22.8. The minimum atomic E-state index is -0.135. The van der Waals surface area contributed by atoms with Gasteiger partial charge in [-0.1, -0.05) is 24.6 Å². The average molecular weight is 496 g/mol. The third kappa shape index (κ3) is 5.45. The van der Waals surface area contributed by atoms with Crippen molar-refractivity contribution in [3.8, 4) is 23.2 Å². The Kier molecular flexibility index (Phi) is 8.25. The summed E-state index contributed by atoms with van der Waals surface area (Å²) >= 11 is 2.92. The summed E-state index contributed by atoms with van der Waals surface area (Å²) in [6.45, 7) is 5.30. The number of carbonyl (C=O) groups is 1. The Morgan fingerprint density at radius 2 is 1.94 bits per heavy atom. The zero-order chi connectivity index (χ0) is 23.9. The van der Waals surface area contributed by atoms with Gasteiger partial charge in [0.15, 0.2) is 11.0 Å². The normalized spacial score (nSPS) is 13.4. The van der Waals surface area contributed by atoms with Crippen molar-refractivity contribution in [3.05, 3.63) is 40.3 Å². The number of thiophene rings is 1. The summed E-state index contributed by atoms with van der Waals surface area (Å²) in [5.41, 5.74) is 2.74. The van der Waals surface area contributed by atoms with E-state index >= 15 is 0 Å². The number of thioether (sulfide) groups is 1. The van der Waals surface area contributed by atoms with Gasteiger partial charge in [0, 0.05) is 17.0 Å². The van der Waals surface area contributed by atoms with Crippen LogP contribution < -0.4 is 10.1 Å². The van der Waals surface area contributed by atoms with E-state index < -0.39 is 0 Å². The molecule has 4 rings (SSSR count). The van der Waals surface area contributed by atoms with Gasteiger partial charge in [-0.15, -0.1) is 21.5 Å². The highest BCUT2D eigenvalue weighted by atomic mass is 32.2. The largest absolute Gasteiger partial charge is 0.494 e. The zero-order valence-corrected chi connectivity index (χ0v) is 21.2. The van der Waals surface area contributed by atoms with E-state index in [4.69, 9.17) is 4.74 Å². The number of ether oxygens (including phenoxy) is 1. The Hall–Kier alpha value is -2.83. The lowest BCUT2D eigenvalue weighted by molar-refractivity contribution is -0.113. The van der Waals surface area contributed by atoms with Gasteiger partial charge < -0.3 is 14.6 Å². The number of rotatable bonds is 8. The highest BCUT2D eigenvalue weighted by Gasteiger charge is 2.21. The predicted octanol–water partition coefficient (Wildman–Crippen LogP) is 5.69. The van der Waals surface area contributed by atoms with E-state index in [-0.39, 0.29) is 11.7 Å². The van der Waals surface area contributed by atoms with Gasteiger partial charge in [0.25, 0.3) is 0 Å². The Bertz CT molecular complexity index is 1180. The summed E-state index contributed by atoms with van der Waals surface area (Å²) in [7, 11) is 0. The number of anilines is 1. The van der Waals surface area contributed by atoms with Gasteiger partial charge in [0.1, 0.15) is 16.8 Å². The molecule has 0 aliphatic heterocycles. The fourth-order valence-electron chi connectivity index (χ4n) is 4.18. The Morgan fingerprint density at radius 3 is 2.65 bits per heavy atom. The van der Waals surface area contributed by atoms with Gasteiger partial charge in [-0.05, 0) is 69.4 Å². The second kappa shape index (κ2) is 11.5. The first-order valence-corrected chi connectivity index (χ1v) is 13.6. The molecule has 3 aromatic rings. The fourth-order valence-corrected chi connectivity index (χ4v) is 6.24. The number of hydrogen-bond donors (Lipinski definition) is 1. The number of nitriles is 1. The highest BCUT2D eigenvalue weighted by molar-refractivity contribution is 7.99. The fraction of sp³-hybridized carbons (Fsp3) is 0.440. The quantitative estimate of drug-likeness (QED) is 0.404. The van der Waals surface area contributed by atoms with Crippen LogP contribution in [0, 0.1) is 11.3 Å². The van der Waals surface area contributed by atoms with Gasteiger partial charge in [-0.2, -0.15) is 5.26 Å². The van der Waals surface area contributed by atoms with Crippen LogP contribution in [0.1, 0.15) is 55.5 Å². The van der Waals surface area contributed by atoms with E-state index in [1.807, 2.05) is 42.7 Å². The van der Waals surface area contributed by atoms with Gasteiger partial charge in [0.05, 0.1) is 17.9 Å². The molecule has 2 aromatic heterocycles. The molecule has 9 heteroatoms. The summed E-state index contributed by atoms with van der Waals surface area (Å²) in [4.78, 5) is 14.0. The minimum absolute atomic E-state index is 0.135. The second-order valence-corrected chi connectivity index (χ2v) is 10.1. The number of benzene rings is 1. The maximum Gasteiger partial charge on any atom is 0.235 e. The topological polar surface area (TPSA) is 92.8 Å². The number of amides is 1. The molecule has 1 amide bonds. The molecule has 0 unspecified atom stereocenters. The lowest BCUT2D eigenvalue weighted by atomic mass is 9.97. The second-order valence-electron chi connectivity index (χ2n) is 8.08. The summed E-state index contributed by atoms with van der Waals surface area (Å²) in [6, 6.07) is 10.1. The van der Waals surface area contributed by atoms with Crippen molar-refractivity contribution in [1.82, 2.24) is 14.8 Å². The molecule has 1 aromatic carbocycles. The van der Waals surface area contributed by atoms with Crippen molar-refractivity contribution in [2.75, 3.05) is 17.7 Å². The van der Waals surface area contributed by atoms with Crippen LogP contribution in [0.25, 0.3) is 11.4 Å². The standard InChI is InChI=1S/C25H29N5O2S2/c1-3-30-23(17-11-13-18(14-12-17)32-4-2)28-29-25(30)33-16-22(31)27-24-20(15-26)19-9-7-5-6-8-10-21(19)34-24/h11-14H,3-10,16H2,1-2H3,(H,27,31). The van der Waals surface area contributed by atoms with Crippen LogP contribution in [0.3, 0.4) is 0 Å². The van der Waals surface area contributed by atoms with Gasteiger partial charge in [0.2, 0.25) is 5.91 Å². The number of nitrogens with one attached hydrogen (secondary N) is 1. The molecule has 1 aliphatic rings. The maximum atomic E-state index is 12.8. The number of aryl methyl sites for hydroxylation is 1. The Labute approximate surface area is 208 Å². The molecule has 0 bridgehead atoms. The summed E-state index contributed by atoms with van der Waals surface area (Å²) in [5.74, 6) is 1.65. The maximum absolute atomic E-state index is 12.8. The van der Waals surface area contributed by atoms with Crippen molar-refractivity contribution >= 4 is 34.0 Å². The molecule has 0 atom stereocenters. The van der Waals surface area contributed by atoms with Crippen molar-refractivity contribution in [3.63, 3.8) is 0 Å². The van der Waals surface area contributed by atoms with E-state index in [9.17, 15) is 10.1 Å². The number of nitrogens with zero attached hydrogens (tertiary/aromatic N) is 4. The van der Waals surface area contributed by atoms with Crippen molar-refractivity contribution < 1.29 is 9.53 Å². The third-order valence-electron chi connectivity index (χ3n) is 5.83. The number of aromatic nitrogens is 3. The summed E-state index contributed by atoms with van der Waals surface area (Å²) < 4.78 is 7.52. The minimum Gasteiger partial charge on any atom is -0.494 e. The van der Waals surface area contributed by atoms with Crippen LogP contribution in [0.5, 0.6) is 5.75 Å².